The van der Waals surface area contributed by atoms with E-state index < -0.39 is 28.3 Å². The molecule has 0 aliphatic carbocycles. The van der Waals surface area contributed by atoms with Crippen molar-refractivity contribution in [2.75, 3.05) is 11.1 Å². The summed E-state index contributed by atoms with van der Waals surface area (Å²) in [6.45, 7) is 1.90. The molecule has 2 aromatic rings. The van der Waals surface area contributed by atoms with Gasteiger partial charge in [-0.1, -0.05) is 24.3 Å². The Morgan fingerprint density at radius 3 is 2.59 bits per heavy atom. The Morgan fingerprint density at radius 2 is 1.91 bits per heavy atom. The summed E-state index contributed by atoms with van der Waals surface area (Å²) in [4.78, 5) is 11.8. The Morgan fingerprint density at radius 1 is 1.18 bits per heavy atom. The van der Waals surface area contributed by atoms with Gasteiger partial charge in [-0.25, -0.2) is 8.78 Å². The molecule has 22 heavy (non-hydrogen) atoms. The van der Waals surface area contributed by atoms with Crippen LogP contribution in [0, 0.1) is 18.6 Å². The van der Waals surface area contributed by atoms with Gasteiger partial charge in [0.05, 0.1) is 5.69 Å². The second-order valence-electron chi connectivity index (χ2n) is 4.83. The van der Waals surface area contributed by atoms with Crippen LogP contribution >= 0.6 is 0 Å². The van der Waals surface area contributed by atoms with E-state index >= 15 is 0 Å². The molecule has 0 unspecified atom stereocenters. The SMILES string of the molecule is Cc1ccccc1C[S@](=O)CC(=O)Nc1ccc(F)cc1F. The molecule has 2 rings (SSSR count). The first kappa shape index (κ1) is 16.3. The van der Waals surface area contributed by atoms with E-state index in [-0.39, 0.29) is 17.2 Å². The van der Waals surface area contributed by atoms with Crippen LogP contribution in [0.15, 0.2) is 42.5 Å². The Bertz CT molecular complexity index is 719. The molecule has 0 bridgehead atoms. The first-order chi connectivity index (χ1) is 10.5. The lowest BCUT2D eigenvalue weighted by atomic mass is 10.1. The molecule has 0 aliphatic rings. The highest BCUT2D eigenvalue weighted by atomic mass is 32.2. The fourth-order valence-corrected chi connectivity index (χ4v) is 3.06. The molecular weight excluding hydrogens is 308 g/mol. The van der Waals surface area contributed by atoms with Crippen LogP contribution in [0.1, 0.15) is 11.1 Å². The molecule has 2 aromatic carbocycles. The third-order valence-corrected chi connectivity index (χ3v) is 4.29. The lowest BCUT2D eigenvalue weighted by Gasteiger charge is -2.08. The van der Waals surface area contributed by atoms with Gasteiger partial charge in [-0.3, -0.25) is 9.00 Å². The molecule has 1 amide bonds. The second kappa shape index (κ2) is 7.26. The van der Waals surface area contributed by atoms with Gasteiger partial charge in [-0.15, -0.1) is 0 Å². The topological polar surface area (TPSA) is 46.2 Å². The largest absolute Gasteiger partial charge is 0.323 e. The normalized spacial score (nSPS) is 12.0. The second-order valence-corrected chi connectivity index (χ2v) is 6.28. The standard InChI is InChI=1S/C16H15F2NO2S/c1-11-4-2-3-5-12(11)9-22(21)10-16(20)19-15-7-6-13(17)8-14(15)18/h2-8H,9-10H2,1H3,(H,19,20)/t22-/m0/s1. The van der Waals surface area contributed by atoms with Gasteiger partial charge in [0.15, 0.2) is 0 Å². The molecule has 1 N–H and O–H groups in total. The van der Waals surface area contributed by atoms with Crippen LogP contribution in [0.3, 0.4) is 0 Å². The highest BCUT2D eigenvalue weighted by Gasteiger charge is 2.12. The molecule has 116 valence electrons. The first-order valence-electron chi connectivity index (χ1n) is 6.60. The van der Waals surface area contributed by atoms with Crippen LogP contribution in [0.4, 0.5) is 14.5 Å². The molecule has 0 aliphatic heterocycles. The number of anilines is 1. The van der Waals surface area contributed by atoms with Gasteiger partial charge in [0.2, 0.25) is 5.91 Å². The molecule has 6 heteroatoms. The van der Waals surface area contributed by atoms with Crippen molar-refractivity contribution >= 4 is 22.4 Å². The molecule has 0 saturated heterocycles. The predicted molar refractivity (Wildman–Crippen MR) is 82.9 cm³/mol. The van der Waals surface area contributed by atoms with Crippen molar-refractivity contribution in [2.24, 2.45) is 0 Å². The summed E-state index contributed by atoms with van der Waals surface area (Å²) in [5.74, 6) is -2.15. The zero-order chi connectivity index (χ0) is 16.1. The van der Waals surface area contributed by atoms with Gasteiger partial charge in [-0.2, -0.15) is 0 Å². The third kappa shape index (κ3) is 4.46. The minimum Gasteiger partial charge on any atom is -0.323 e. The van der Waals surface area contributed by atoms with Crippen LogP contribution in [-0.4, -0.2) is 15.9 Å². The van der Waals surface area contributed by atoms with Crippen molar-refractivity contribution in [3.63, 3.8) is 0 Å². The molecular formula is C16H15F2NO2S. The number of nitrogens with one attached hydrogen (secondary N) is 1. The van der Waals surface area contributed by atoms with Gasteiger partial charge in [0.25, 0.3) is 0 Å². The Kier molecular flexibility index (Phi) is 5.38. The van der Waals surface area contributed by atoms with Crippen molar-refractivity contribution in [2.45, 2.75) is 12.7 Å². The van der Waals surface area contributed by atoms with Crippen molar-refractivity contribution in [3.05, 3.63) is 65.2 Å². The summed E-state index contributed by atoms with van der Waals surface area (Å²) in [5, 5.41) is 2.30. The third-order valence-electron chi connectivity index (χ3n) is 3.08. The summed E-state index contributed by atoms with van der Waals surface area (Å²) < 4.78 is 38.2. The van der Waals surface area contributed by atoms with E-state index in [0.29, 0.717) is 6.07 Å². The summed E-state index contributed by atoms with van der Waals surface area (Å²) in [7, 11) is -1.40. The van der Waals surface area contributed by atoms with Crippen LogP contribution < -0.4 is 5.32 Å². The number of amides is 1. The molecule has 0 radical (unpaired) electrons. The number of carbonyl (C=O) groups excluding carboxylic acids is 1. The Balaban J connectivity index is 1.94. The fraction of sp³-hybridized carbons (Fsp3) is 0.188. The van der Waals surface area contributed by atoms with E-state index in [4.69, 9.17) is 0 Å². The van der Waals surface area contributed by atoms with E-state index in [0.717, 1.165) is 23.3 Å². The predicted octanol–water partition coefficient (Wildman–Crippen LogP) is 3.16. The molecule has 0 fully saturated rings. The Hall–Kier alpha value is -2.08. The summed E-state index contributed by atoms with van der Waals surface area (Å²) in [5.41, 5.74) is 1.78. The van der Waals surface area contributed by atoms with E-state index in [9.17, 15) is 17.8 Å². The van der Waals surface area contributed by atoms with Gasteiger partial charge in [0.1, 0.15) is 17.4 Å². The minimum absolute atomic E-state index is 0.126. The van der Waals surface area contributed by atoms with Crippen LogP contribution in [0.2, 0.25) is 0 Å². The number of benzene rings is 2. The maximum absolute atomic E-state index is 13.4. The first-order valence-corrected chi connectivity index (χ1v) is 8.09. The van der Waals surface area contributed by atoms with Gasteiger partial charge >= 0.3 is 0 Å². The number of halogens is 2. The monoisotopic (exact) mass is 323 g/mol. The number of hydrogen-bond donors (Lipinski definition) is 1. The lowest BCUT2D eigenvalue weighted by Crippen LogP contribution is -2.21. The van der Waals surface area contributed by atoms with Crippen LogP contribution in [0.5, 0.6) is 0 Å². The van der Waals surface area contributed by atoms with Gasteiger partial charge < -0.3 is 5.32 Å². The van der Waals surface area contributed by atoms with E-state index in [1.54, 1.807) is 0 Å². The van der Waals surface area contributed by atoms with E-state index in [1.165, 1.54) is 0 Å². The number of carbonyl (C=O) groups is 1. The van der Waals surface area contributed by atoms with Crippen molar-refractivity contribution in [3.8, 4) is 0 Å². The lowest BCUT2D eigenvalue weighted by molar-refractivity contribution is -0.113. The molecule has 1 atom stereocenters. The van der Waals surface area contributed by atoms with Crippen LogP contribution in [0.25, 0.3) is 0 Å². The summed E-state index contributed by atoms with van der Waals surface area (Å²) in [6.07, 6.45) is 0. The zero-order valence-corrected chi connectivity index (χ0v) is 12.8. The maximum Gasteiger partial charge on any atom is 0.237 e. The molecule has 0 heterocycles. The van der Waals surface area contributed by atoms with E-state index in [2.05, 4.69) is 5.32 Å². The number of hydrogen-bond acceptors (Lipinski definition) is 2. The zero-order valence-electron chi connectivity index (χ0n) is 11.9. The summed E-state index contributed by atoms with van der Waals surface area (Å²) >= 11 is 0. The highest BCUT2D eigenvalue weighted by Crippen LogP contribution is 2.15. The van der Waals surface area contributed by atoms with Crippen LogP contribution in [-0.2, 0) is 21.3 Å². The van der Waals surface area contributed by atoms with Crippen molar-refractivity contribution in [1.82, 2.24) is 0 Å². The molecule has 0 spiro atoms. The molecule has 0 aromatic heterocycles. The smallest absolute Gasteiger partial charge is 0.237 e. The number of aryl methyl sites for hydroxylation is 1. The fourth-order valence-electron chi connectivity index (χ4n) is 1.92. The summed E-state index contributed by atoms with van der Waals surface area (Å²) in [6, 6.07) is 10.3. The average Bonchev–Trinajstić information content (AvgIpc) is 2.44. The van der Waals surface area contributed by atoms with Gasteiger partial charge in [-0.05, 0) is 30.2 Å². The average molecular weight is 323 g/mol. The van der Waals surface area contributed by atoms with Gasteiger partial charge in [0, 0.05) is 22.6 Å². The Labute approximate surface area is 129 Å². The van der Waals surface area contributed by atoms with Crippen molar-refractivity contribution < 1.29 is 17.8 Å². The number of rotatable bonds is 5. The van der Waals surface area contributed by atoms with E-state index in [1.807, 2.05) is 31.2 Å². The molecule has 3 nitrogen and oxygen atoms in total. The van der Waals surface area contributed by atoms with Crippen molar-refractivity contribution in [1.29, 1.82) is 0 Å². The minimum atomic E-state index is -1.40. The maximum atomic E-state index is 13.4. The molecule has 0 saturated carbocycles. The highest BCUT2D eigenvalue weighted by molar-refractivity contribution is 7.84. The quantitative estimate of drug-likeness (QED) is 0.919.